The molecule has 2 amide bonds. The topological polar surface area (TPSA) is 88.9 Å². The van der Waals surface area contributed by atoms with E-state index in [1.54, 1.807) is 0 Å². The van der Waals surface area contributed by atoms with Gasteiger partial charge in [-0.2, -0.15) is 0 Å². The Labute approximate surface area is 145 Å². The molecule has 0 saturated carbocycles. The third-order valence-electron chi connectivity index (χ3n) is 4.89. The van der Waals surface area contributed by atoms with Gasteiger partial charge < -0.3 is 15.2 Å². The monoisotopic (exact) mass is 339 g/mol. The summed E-state index contributed by atoms with van der Waals surface area (Å²) in [5.74, 6) is 1.69. The minimum atomic E-state index is -0.244. The number of hydrogen-bond donors (Lipinski definition) is 2. The molecule has 4 rings (SSSR count). The standard InChI is InChI=1S/C18H21N5O2/c24-17-11-13(7-8-19-17)18(25)20-14-5-3-12(4-6-14)10-16-22-21-15-2-1-9-23(15)16/h3-6,13H,1-2,7-11H2,(H,19,24)(H,20,25). The molecule has 1 atom stereocenters. The van der Waals surface area contributed by atoms with E-state index in [1.165, 1.54) is 0 Å². The number of carbonyl (C=O) groups is 2. The third-order valence-corrected chi connectivity index (χ3v) is 4.89. The van der Waals surface area contributed by atoms with Gasteiger partial charge in [0.1, 0.15) is 11.6 Å². The summed E-state index contributed by atoms with van der Waals surface area (Å²) < 4.78 is 2.20. The van der Waals surface area contributed by atoms with E-state index in [-0.39, 0.29) is 24.2 Å². The molecule has 0 radical (unpaired) electrons. The van der Waals surface area contributed by atoms with Crippen LogP contribution in [0.1, 0.15) is 36.5 Å². The number of rotatable bonds is 4. The summed E-state index contributed by atoms with van der Waals surface area (Å²) in [5.41, 5.74) is 1.89. The fraction of sp³-hybridized carbons (Fsp3) is 0.444. The van der Waals surface area contributed by atoms with Crippen LogP contribution in [-0.4, -0.2) is 33.1 Å². The SMILES string of the molecule is O=C1CC(C(=O)Nc2ccc(Cc3nnc4n3CCC4)cc2)CCN1. The molecule has 7 heteroatoms. The molecule has 2 aliphatic heterocycles. The Balaban J connectivity index is 1.38. The molecule has 1 unspecified atom stereocenters. The minimum absolute atomic E-state index is 0.0532. The van der Waals surface area contributed by atoms with Gasteiger partial charge in [-0.25, -0.2) is 0 Å². The minimum Gasteiger partial charge on any atom is -0.356 e. The van der Waals surface area contributed by atoms with Crippen LogP contribution in [0.4, 0.5) is 5.69 Å². The van der Waals surface area contributed by atoms with Gasteiger partial charge in [0.05, 0.1) is 0 Å². The van der Waals surface area contributed by atoms with Crippen molar-refractivity contribution in [1.29, 1.82) is 0 Å². The Morgan fingerprint density at radius 1 is 1.28 bits per heavy atom. The molecule has 25 heavy (non-hydrogen) atoms. The van der Waals surface area contributed by atoms with E-state index in [1.807, 2.05) is 24.3 Å². The first kappa shape index (κ1) is 15.8. The molecule has 1 saturated heterocycles. The number of carbonyl (C=O) groups excluding carboxylic acids is 2. The van der Waals surface area contributed by atoms with E-state index in [2.05, 4.69) is 25.4 Å². The molecule has 1 aromatic carbocycles. The molecule has 1 aromatic heterocycles. The lowest BCUT2D eigenvalue weighted by atomic mass is 9.96. The van der Waals surface area contributed by atoms with Crippen molar-refractivity contribution in [2.45, 2.75) is 38.6 Å². The quantitative estimate of drug-likeness (QED) is 0.878. The van der Waals surface area contributed by atoms with Gasteiger partial charge in [-0.1, -0.05) is 12.1 Å². The smallest absolute Gasteiger partial charge is 0.228 e. The molecule has 0 spiro atoms. The van der Waals surface area contributed by atoms with Crippen molar-refractivity contribution in [1.82, 2.24) is 20.1 Å². The highest BCUT2D eigenvalue weighted by molar-refractivity contribution is 5.95. The summed E-state index contributed by atoms with van der Waals surface area (Å²) in [7, 11) is 0. The second-order valence-electron chi connectivity index (χ2n) is 6.69. The molecule has 2 aromatic rings. The second-order valence-corrected chi connectivity index (χ2v) is 6.69. The van der Waals surface area contributed by atoms with Crippen LogP contribution in [0, 0.1) is 5.92 Å². The molecule has 2 aliphatic rings. The van der Waals surface area contributed by atoms with Gasteiger partial charge in [-0.3, -0.25) is 9.59 Å². The number of aryl methyl sites for hydroxylation is 1. The lowest BCUT2D eigenvalue weighted by Gasteiger charge is -2.21. The van der Waals surface area contributed by atoms with Crippen molar-refractivity contribution in [2.75, 3.05) is 11.9 Å². The average Bonchev–Trinajstić information content (AvgIpc) is 3.22. The largest absolute Gasteiger partial charge is 0.356 e. The van der Waals surface area contributed by atoms with Gasteiger partial charge in [0.2, 0.25) is 11.8 Å². The fourth-order valence-corrected chi connectivity index (χ4v) is 3.48. The van der Waals surface area contributed by atoms with Crippen LogP contribution in [0.2, 0.25) is 0 Å². The summed E-state index contributed by atoms with van der Waals surface area (Å²) in [6.45, 7) is 1.57. The van der Waals surface area contributed by atoms with Crippen LogP contribution >= 0.6 is 0 Å². The van der Waals surface area contributed by atoms with Crippen LogP contribution in [0.3, 0.4) is 0 Å². The van der Waals surface area contributed by atoms with Crippen molar-refractivity contribution in [3.8, 4) is 0 Å². The highest BCUT2D eigenvalue weighted by atomic mass is 16.2. The number of nitrogens with one attached hydrogen (secondary N) is 2. The second kappa shape index (κ2) is 6.66. The Morgan fingerprint density at radius 3 is 2.92 bits per heavy atom. The molecule has 3 heterocycles. The van der Waals surface area contributed by atoms with Crippen molar-refractivity contribution in [3.63, 3.8) is 0 Å². The Bertz CT molecular complexity index is 796. The van der Waals surface area contributed by atoms with Crippen LogP contribution in [0.25, 0.3) is 0 Å². The predicted molar refractivity (Wildman–Crippen MR) is 92.0 cm³/mol. The van der Waals surface area contributed by atoms with Crippen LogP contribution in [-0.2, 0) is 29.0 Å². The van der Waals surface area contributed by atoms with E-state index in [4.69, 9.17) is 0 Å². The molecule has 0 aliphatic carbocycles. The zero-order valence-corrected chi connectivity index (χ0v) is 14.0. The number of fused-ring (bicyclic) bond motifs is 1. The Kier molecular flexibility index (Phi) is 4.21. The number of nitrogens with zero attached hydrogens (tertiary/aromatic N) is 3. The maximum Gasteiger partial charge on any atom is 0.228 e. The van der Waals surface area contributed by atoms with E-state index in [0.29, 0.717) is 13.0 Å². The molecular formula is C18H21N5O2. The predicted octanol–water partition coefficient (Wildman–Crippen LogP) is 1.28. The normalized spacial score (nSPS) is 19.4. The van der Waals surface area contributed by atoms with E-state index in [0.717, 1.165) is 48.7 Å². The third kappa shape index (κ3) is 3.40. The number of benzene rings is 1. The average molecular weight is 339 g/mol. The van der Waals surface area contributed by atoms with Crippen LogP contribution < -0.4 is 10.6 Å². The van der Waals surface area contributed by atoms with Gasteiger partial charge in [0.15, 0.2) is 0 Å². The molecule has 0 bridgehead atoms. The van der Waals surface area contributed by atoms with Crippen LogP contribution in [0.15, 0.2) is 24.3 Å². The van der Waals surface area contributed by atoms with Gasteiger partial charge >= 0.3 is 0 Å². The van der Waals surface area contributed by atoms with E-state index >= 15 is 0 Å². The van der Waals surface area contributed by atoms with Crippen LogP contribution in [0.5, 0.6) is 0 Å². The Morgan fingerprint density at radius 2 is 2.12 bits per heavy atom. The number of hydrogen-bond acceptors (Lipinski definition) is 4. The van der Waals surface area contributed by atoms with Crippen molar-refractivity contribution in [2.24, 2.45) is 5.92 Å². The first-order valence-corrected chi connectivity index (χ1v) is 8.76. The lowest BCUT2D eigenvalue weighted by Crippen LogP contribution is -2.38. The molecular weight excluding hydrogens is 318 g/mol. The summed E-state index contributed by atoms with van der Waals surface area (Å²) in [4.78, 5) is 23.7. The van der Waals surface area contributed by atoms with Gasteiger partial charge in [0, 0.05) is 44.0 Å². The molecule has 1 fully saturated rings. The van der Waals surface area contributed by atoms with Gasteiger partial charge in [-0.15, -0.1) is 10.2 Å². The lowest BCUT2D eigenvalue weighted by molar-refractivity contribution is -0.129. The van der Waals surface area contributed by atoms with Crippen molar-refractivity contribution < 1.29 is 9.59 Å². The molecule has 7 nitrogen and oxygen atoms in total. The highest BCUT2D eigenvalue weighted by Crippen LogP contribution is 2.19. The zero-order chi connectivity index (χ0) is 17.2. The number of amides is 2. The highest BCUT2D eigenvalue weighted by Gasteiger charge is 2.25. The first-order valence-electron chi connectivity index (χ1n) is 8.76. The van der Waals surface area contributed by atoms with E-state index < -0.39 is 0 Å². The zero-order valence-electron chi connectivity index (χ0n) is 14.0. The first-order chi connectivity index (χ1) is 12.2. The van der Waals surface area contributed by atoms with Gasteiger partial charge in [0.25, 0.3) is 0 Å². The summed E-state index contributed by atoms with van der Waals surface area (Å²) in [6.07, 6.45) is 3.85. The maximum atomic E-state index is 12.3. The number of aromatic nitrogens is 3. The maximum absolute atomic E-state index is 12.3. The van der Waals surface area contributed by atoms with Gasteiger partial charge in [-0.05, 0) is 30.5 Å². The molecule has 130 valence electrons. The number of anilines is 1. The Hall–Kier alpha value is -2.70. The van der Waals surface area contributed by atoms with Crippen molar-refractivity contribution >= 4 is 17.5 Å². The van der Waals surface area contributed by atoms with E-state index in [9.17, 15) is 9.59 Å². The number of piperidine rings is 1. The van der Waals surface area contributed by atoms with Crippen molar-refractivity contribution in [3.05, 3.63) is 41.5 Å². The summed E-state index contributed by atoms with van der Waals surface area (Å²) in [5, 5.41) is 14.2. The molecule has 2 N–H and O–H groups in total. The summed E-state index contributed by atoms with van der Waals surface area (Å²) >= 11 is 0. The fourth-order valence-electron chi connectivity index (χ4n) is 3.48. The summed E-state index contributed by atoms with van der Waals surface area (Å²) in [6, 6.07) is 7.80.